The number of hydrogen-bond donors (Lipinski definition) is 1. The smallest absolute Gasteiger partial charge is 0.284 e. The third-order valence-electron chi connectivity index (χ3n) is 2.89. The van der Waals surface area contributed by atoms with Gasteiger partial charge in [0, 0.05) is 31.8 Å². The van der Waals surface area contributed by atoms with Gasteiger partial charge in [-0.3, -0.25) is 14.9 Å². The van der Waals surface area contributed by atoms with Gasteiger partial charge in [-0.25, -0.2) is 0 Å². The van der Waals surface area contributed by atoms with Crippen LogP contribution in [0.25, 0.3) is 0 Å². The molecular weight excluding hydrogens is 328 g/mol. The lowest BCUT2D eigenvalue weighted by Gasteiger charge is -2.17. The number of aliphatic hydroxyl groups excluding tert-OH is 1. The standard InChI is InChI=1S/C13H17BrN2O4/c1-15(7-3-2-4-8-17)13(18)10-5-6-11(14)12(9-10)16(19)20/h5-6,9,17H,2-4,7-8H2,1H3. The zero-order valence-corrected chi connectivity index (χ0v) is 12.8. The first kappa shape index (κ1) is 16.6. The highest BCUT2D eigenvalue weighted by Crippen LogP contribution is 2.26. The molecule has 0 aliphatic heterocycles. The molecular formula is C13H17BrN2O4. The monoisotopic (exact) mass is 344 g/mol. The van der Waals surface area contributed by atoms with Crippen molar-refractivity contribution in [1.29, 1.82) is 0 Å². The number of nitro groups is 1. The van der Waals surface area contributed by atoms with E-state index in [0.29, 0.717) is 23.0 Å². The Labute approximate surface area is 125 Å². The molecule has 0 heterocycles. The number of nitro benzene ring substituents is 1. The van der Waals surface area contributed by atoms with Crippen LogP contribution < -0.4 is 0 Å². The first-order valence-corrected chi connectivity index (χ1v) is 7.07. The van der Waals surface area contributed by atoms with Gasteiger partial charge in [-0.05, 0) is 47.3 Å². The second-order valence-electron chi connectivity index (χ2n) is 4.43. The van der Waals surface area contributed by atoms with Crippen molar-refractivity contribution in [3.63, 3.8) is 0 Å². The highest BCUT2D eigenvalue weighted by molar-refractivity contribution is 9.10. The summed E-state index contributed by atoms with van der Waals surface area (Å²) < 4.78 is 0.352. The normalized spacial score (nSPS) is 10.3. The Bertz CT molecular complexity index is 493. The minimum atomic E-state index is -0.526. The van der Waals surface area contributed by atoms with E-state index in [1.807, 2.05) is 0 Å². The lowest BCUT2D eigenvalue weighted by Crippen LogP contribution is -2.27. The van der Waals surface area contributed by atoms with Crippen LogP contribution in [0.2, 0.25) is 0 Å². The van der Waals surface area contributed by atoms with Gasteiger partial charge in [-0.1, -0.05) is 0 Å². The van der Waals surface area contributed by atoms with Gasteiger partial charge in [0.15, 0.2) is 0 Å². The lowest BCUT2D eigenvalue weighted by atomic mass is 10.1. The van der Waals surface area contributed by atoms with Crippen molar-refractivity contribution < 1.29 is 14.8 Å². The van der Waals surface area contributed by atoms with Crippen LogP contribution in [0.5, 0.6) is 0 Å². The van der Waals surface area contributed by atoms with Crippen molar-refractivity contribution >= 4 is 27.5 Å². The molecule has 0 fully saturated rings. The number of aliphatic hydroxyl groups is 1. The molecule has 0 saturated heterocycles. The summed E-state index contributed by atoms with van der Waals surface area (Å²) in [5.74, 6) is -0.246. The van der Waals surface area contributed by atoms with Crippen LogP contribution >= 0.6 is 15.9 Å². The second kappa shape index (κ2) is 7.96. The number of unbranched alkanes of at least 4 members (excludes halogenated alkanes) is 2. The summed E-state index contributed by atoms with van der Waals surface area (Å²) in [6.07, 6.45) is 2.35. The highest BCUT2D eigenvalue weighted by Gasteiger charge is 2.18. The van der Waals surface area contributed by atoms with Crippen LogP contribution in [0.1, 0.15) is 29.6 Å². The van der Waals surface area contributed by atoms with Crippen molar-refractivity contribution in [2.75, 3.05) is 20.2 Å². The van der Waals surface area contributed by atoms with E-state index in [0.717, 1.165) is 12.8 Å². The number of amides is 1. The number of halogens is 1. The molecule has 1 rings (SSSR count). The molecule has 0 bridgehead atoms. The quantitative estimate of drug-likeness (QED) is 0.468. The molecule has 20 heavy (non-hydrogen) atoms. The number of benzene rings is 1. The second-order valence-corrected chi connectivity index (χ2v) is 5.29. The maximum absolute atomic E-state index is 12.1. The summed E-state index contributed by atoms with van der Waals surface area (Å²) in [6, 6.07) is 4.34. The Morgan fingerprint density at radius 1 is 1.40 bits per heavy atom. The Morgan fingerprint density at radius 3 is 2.70 bits per heavy atom. The van der Waals surface area contributed by atoms with Gasteiger partial charge in [0.05, 0.1) is 9.40 Å². The minimum absolute atomic E-state index is 0.121. The van der Waals surface area contributed by atoms with Gasteiger partial charge in [-0.2, -0.15) is 0 Å². The maximum atomic E-state index is 12.1. The number of rotatable bonds is 7. The molecule has 110 valence electrons. The molecule has 0 saturated carbocycles. The van der Waals surface area contributed by atoms with Crippen molar-refractivity contribution in [1.82, 2.24) is 4.90 Å². The van der Waals surface area contributed by atoms with E-state index in [2.05, 4.69) is 15.9 Å². The fourth-order valence-corrected chi connectivity index (χ4v) is 2.14. The van der Waals surface area contributed by atoms with Crippen LogP contribution in [0, 0.1) is 10.1 Å². The zero-order chi connectivity index (χ0) is 15.1. The third kappa shape index (κ3) is 4.57. The number of nitrogens with zero attached hydrogens (tertiary/aromatic N) is 2. The third-order valence-corrected chi connectivity index (χ3v) is 3.56. The van der Waals surface area contributed by atoms with Crippen molar-refractivity contribution in [3.8, 4) is 0 Å². The van der Waals surface area contributed by atoms with Crippen molar-refractivity contribution in [3.05, 3.63) is 38.3 Å². The molecule has 6 nitrogen and oxygen atoms in total. The van der Waals surface area contributed by atoms with Crippen molar-refractivity contribution in [2.45, 2.75) is 19.3 Å². The number of carbonyl (C=O) groups excluding carboxylic acids is 1. The summed E-state index contributed by atoms with van der Waals surface area (Å²) in [4.78, 5) is 24.0. The van der Waals surface area contributed by atoms with Gasteiger partial charge in [0.2, 0.25) is 0 Å². The topological polar surface area (TPSA) is 83.7 Å². The summed E-state index contributed by atoms with van der Waals surface area (Å²) in [5, 5.41) is 19.5. The summed E-state index contributed by atoms with van der Waals surface area (Å²) in [6.45, 7) is 0.708. The van der Waals surface area contributed by atoms with E-state index < -0.39 is 4.92 Å². The first-order valence-electron chi connectivity index (χ1n) is 6.27. The van der Waals surface area contributed by atoms with E-state index in [1.54, 1.807) is 13.1 Å². The van der Waals surface area contributed by atoms with E-state index in [-0.39, 0.29) is 18.2 Å². The largest absolute Gasteiger partial charge is 0.396 e. The Hall–Kier alpha value is -1.47. The highest BCUT2D eigenvalue weighted by atomic mass is 79.9. The van der Waals surface area contributed by atoms with Gasteiger partial charge in [-0.15, -0.1) is 0 Å². The van der Waals surface area contributed by atoms with E-state index in [9.17, 15) is 14.9 Å². The van der Waals surface area contributed by atoms with Crippen LogP contribution in [-0.4, -0.2) is 41.0 Å². The Kier molecular flexibility index (Phi) is 6.60. The fourth-order valence-electron chi connectivity index (χ4n) is 1.75. The van der Waals surface area contributed by atoms with Gasteiger partial charge >= 0.3 is 0 Å². The molecule has 1 amide bonds. The van der Waals surface area contributed by atoms with Crippen molar-refractivity contribution in [2.24, 2.45) is 0 Å². The molecule has 0 atom stereocenters. The van der Waals surface area contributed by atoms with Crippen LogP contribution in [0.4, 0.5) is 5.69 Å². The molecule has 1 aromatic rings. The minimum Gasteiger partial charge on any atom is -0.396 e. The fraction of sp³-hybridized carbons (Fsp3) is 0.462. The van der Waals surface area contributed by atoms with Crippen LogP contribution in [0.3, 0.4) is 0 Å². The van der Waals surface area contributed by atoms with Crippen LogP contribution in [0.15, 0.2) is 22.7 Å². The lowest BCUT2D eigenvalue weighted by molar-refractivity contribution is -0.385. The van der Waals surface area contributed by atoms with E-state index in [4.69, 9.17) is 5.11 Å². The molecule has 1 aromatic carbocycles. The van der Waals surface area contributed by atoms with Crippen LogP contribution in [-0.2, 0) is 0 Å². The summed E-state index contributed by atoms with van der Waals surface area (Å²) >= 11 is 3.09. The summed E-state index contributed by atoms with van der Waals surface area (Å²) in [5.41, 5.74) is 0.175. The average Bonchev–Trinajstić information content (AvgIpc) is 2.42. The average molecular weight is 345 g/mol. The predicted octanol–water partition coefficient (Wildman–Crippen LogP) is 2.59. The number of carbonyl (C=O) groups is 1. The molecule has 0 radical (unpaired) electrons. The number of hydrogen-bond acceptors (Lipinski definition) is 4. The van der Waals surface area contributed by atoms with Gasteiger partial charge < -0.3 is 10.0 Å². The zero-order valence-electron chi connectivity index (χ0n) is 11.2. The maximum Gasteiger partial charge on any atom is 0.284 e. The molecule has 0 aliphatic carbocycles. The molecule has 0 spiro atoms. The van der Waals surface area contributed by atoms with E-state index >= 15 is 0 Å². The molecule has 1 N–H and O–H groups in total. The molecule has 7 heteroatoms. The van der Waals surface area contributed by atoms with Gasteiger partial charge in [0.25, 0.3) is 11.6 Å². The molecule has 0 aliphatic rings. The Balaban J connectivity index is 2.71. The Morgan fingerprint density at radius 2 is 2.10 bits per heavy atom. The van der Waals surface area contributed by atoms with E-state index in [1.165, 1.54) is 17.0 Å². The molecule has 0 aromatic heterocycles. The molecule has 0 unspecified atom stereocenters. The predicted molar refractivity (Wildman–Crippen MR) is 78.7 cm³/mol. The first-order chi connectivity index (χ1) is 9.47. The SMILES string of the molecule is CN(CCCCCO)C(=O)c1ccc(Br)c([N+](=O)[O-])c1. The summed E-state index contributed by atoms with van der Waals surface area (Å²) in [7, 11) is 1.66. The van der Waals surface area contributed by atoms with Gasteiger partial charge in [0.1, 0.15) is 0 Å².